The molecule has 0 saturated carbocycles. The number of rotatable bonds is 2. The molecule has 0 aromatic rings. The second kappa shape index (κ2) is 3.72. The van der Waals surface area contributed by atoms with Crippen LogP contribution in [0.3, 0.4) is 0 Å². The fourth-order valence-corrected chi connectivity index (χ4v) is 1.99. The van der Waals surface area contributed by atoms with Crippen molar-refractivity contribution in [2.75, 3.05) is 26.5 Å². The molecule has 1 rings (SSSR count). The molecule has 1 aliphatic heterocycles. The van der Waals surface area contributed by atoms with Crippen molar-refractivity contribution in [2.24, 2.45) is 0 Å². The highest BCUT2D eigenvalue weighted by Gasteiger charge is 2.24. The Morgan fingerprint density at radius 3 is 2.58 bits per heavy atom. The van der Waals surface area contributed by atoms with Crippen LogP contribution in [0, 0.1) is 0 Å². The first-order valence-electron chi connectivity index (χ1n) is 4.02. The molecule has 1 saturated heterocycles. The van der Waals surface area contributed by atoms with Gasteiger partial charge in [0.25, 0.3) is 0 Å². The van der Waals surface area contributed by atoms with Gasteiger partial charge in [-0.3, -0.25) is 0 Å². The molecule has 0 bridgehead atoms. The van der Waals surface area contributed by atoms with Crippen LogP contribution in [0.25, 0.3) is 0 Å². The highest BCUT2D eigenvalue weighted by Crippen LogP contribution is 2.13. The number of ether oxygens (including phenoxy) is 1. The molecule has 4 nitrogen and oxygen atoms in total. The van der Waals surface area contributed by atoms with Crippen LogP contribution in [0.4, 0.5) is 0 Å². The molecule has 0 radical (unpaired) electrons. The molecule has 1 fully saturated rings. The Hall–Kier alpha value is -0.130. The summed E-state index contributed by atoms with van der Waals surface area (Å²) in [6.45, 7) is 1.29. The van der Waals surface area contributed by atoms with E-state index in [1.807, 2.05) is 0 Å². The van der Waals surface area contributed by atoms with Crippen LogP contribution < -0.4 is 0 Å². The average molecular weight is 193 g/mol. The lowest BCUT2D eigenvalue weighted by Crippen LogP contribution is -2.41. The maximum absolute atomic E-state index is 11.1. The molecule has 72 valence electrons. The molecule has 1 aliphatic rings. The minimum absolute atomic E-state index is 0.0359. The minimum atomic E-state index is -3.05. The summed E-state index contributed by atoms with van der Waals surface area (Å²) in [5.74, 6) is 0. The number of likely N-dealkylation sites (N-methyl/N-ethyl adjacent to an activating group) is 1. The van der Waals surface area contributed by atoms with Gasteiger partial charge in [-0.05, 0) is 12.8 Å². The van der Waals surface area contributed by atoms with E-state index >= 15 is 0 Å². The second-order valence-corrected chi connectivity index (χ2v) is 5.19. The van der Waals surface area contributed by atoms with Crippen molar-refractivity contribution < 1.29 is 13.2 Å². The number of nitrogens with zero attached hydrogens (tertiary/aromatic N) is 1. The Morgan fingerprint density at radius 2 is 2.17 bits per heavy atom. The van der Waals surface area contributed by atoms with E-state index in [4.69, 9.17) is 4.74 Å². The number of hydrogen-bond donors (Lipinski definition) is 0. The van der Waals surface area contributed by atoms with E-state index in [9.17, 15) is 8.42 Å². The van der Waals surface area contributed by atoms with Gasteiger partial charge in [-0.15, -0.1) is 0 Å². The van der Waals surface area contributed by atoms with Crippen molar-refractivity contribution in [3.05, 3.63) is 0 Å². The third-order valence-electron chi connectivity index (χ3n) is 2.17. The lowest BCUT2D eigenvalue weighted by molar-refractivity contribution is 0.0514. The summed E-state index contributed by atoms with van der Waals surface area (Å²) in [5.41, 5.74) is 0. The molecule has 12 heavy (non-hydrogen) atoms. The van der Waals surface area contributed by atoms with Gasteiger partial charge in [-0.25, -0.2) is 8.42 Å². The molecule has 0 aromatic heterocycles. The molecule has 1 atom stereocenters. The van der Waals surface area contributed by atoms with Gasteiger partial charge in [-0.1, -0.05) is 0 Å². The largest absolute Gasteiger partial charge is 0.380 e. The summed E-state index contributed by atoms with van der Waals surface area (Å²) < 4.78 is 28.8. The van der Waals surface area contributed by atoms with Crippen LogP contribution in [0.1, 0.15) is 12.8 Å². The standard InChI is InChI=1S/C7H15NO3S/c1-8(12(2,9)10)7-4-3-5-11-6-7/h7H,3-6H2,1-2H3. The Kier molecular flexibility index (Phi) is 3.09. The normalized spacial score (nSPS) is 26.1. The molecule has 0 N–H and O–H groups in total. The molecule has 1 unspecified atom stereocenters. The van der Waals surface area contributed by atoms with Crippen molar-refractivity contribution in [1.29, 1.82) is 0 Å². The van der Waals surface area contributed by atoms with Gasteiger partial charge in [-0.2, -0.15) is 4.31 Å². The van der Waals surface area contributed by atoms with E-state index in [0.29, 0.717) is 6.61 Å². The molecule has 0 aliphatic carbocycles. The van der Waals surface area contributed by atoms with Crippen LogP contribution in [0.5, 0.6) is 0 Å². The first-order valence-corrected chi connectivity index (χ1v) is 5.87. The van der Waals surface area contributed by atoms with Gasteiger partial charge < -0.3 is 4.74 Å². The summed E-state index contributed by atoms with van der Waals surface area (Å²) >= 11 is 0. The van der Waals surface area contributed by atoms with E-state index in [0.717, 1.165) is 19.4 Å². The third kappa shape index (κ3) is 2.43. The summed E-state index contributed by atoms with van der Waals surface area (Å²) in [6, 6.07) is 0.0359. The predicted molar refractivity (Wildman–Crippen MR) is 46.4 cm³/mol. The number of sulfonamides is 1. The van der Waals surface area contributed by atoms with Crippen LogP contribution >= 0.6 is 0 Å². The average Bonchev–Trinajstić information content (AvgIpc) is 2.03. The molecule has 0 amide bonds. The Bertz CT molecular complexity index is 231. The lowest BCUT2D eigenvalue weighted by Gasteiger charge is -2.29. The fourth-order valence-electron chi connectivity index (χ4n) is 1.28. The van der Waals surface area contributed by atoms with Gasteiger partial charge >= 0.3 is 0 Å². The van der Waals surface area contributed by atoms with Crippen LogP contribution in [0.15, 0.2) is 0 Å². The van der Waals surface area contributed by atoms with Crippen molar-refractivity contribution >= 4 is 10.0 Å². The first kappa shape index (κ1) is 9.95. The quantitative estimate of drug-likeness (QED) is 0.623. The highest BCUT2D eigenvalue weighted by molar-refractivity contribution is 7.88. The SMILES string of the molecule is CN(C1CCCOC1)S(C)(=O)=O. The molecule has 5 heteroatoms. The fraction of sp³-hybridized carbons (Fsp3) is 1.00. The Balaban J connectivity index is 2.57. The highest BCUT2D eigenvalue weighted by atomic mass is 32.2. The molecule has 0 aromatic carbocycles. The summed E-state index contributed by atoms with van der Waals surface area (Å²) in [6.07, 6.45) is 3.08. The van der Waals surface area contributed by atoms with E-state index < -0.39 is 10.0 Å². The predicted octanol–water partition coefficient (Wildman–Crippen LogP) is 0.0568. The van der Waals surface area contributed by atoms with Gasteiger partial charge in [0.1, 0.15) is 0 Å². The topological polar surface area (TPSA) is 46.6 Å². The molecule has 0 spiro atoms. The second-order valence-electron chi connectivity index (χ2n) is 3.15. The van der Waals surface area contributed by atoms with E-state index in [-0.39, 0.29) is 6.04 Å². The molecule has 1 heterocycles. The number of hydrogen-bond acceptors (Lipinski definition) is 3. The maximum atomic E-state index is 11.1. The van der Waals surface area contributed by atoms with Gasteiger partial charge in [0.2, 0.25) is 10.0 Å². The zero-order chi connectivity index (χ0) is 9.19. The van der Waals surface area contributed by atoms with Crippen LogP contribution in [-0.4, -0.2) is 45.3 Å². The summed E-state index contributed by atoms with van der Waals surface area (Å²) in [5, 5.41) is 0. The van der Waals surface area contributed by atoms with E-state index in [1.165, 1.54) is 10.6 Å². The first-order chi connectivity index (χ1) is 5.52. The zero-order valence-corrected chi connectivity index (χ0v) is 8.30. The van der Waals surface area contributed by atoms with Crippen molar-refractivity contribution in [1.82, 2.24) is 4.31 Å². The Morgan fingerprint density at radius 1 is 1.50 bits per heavy atom. The Labute approximate surface area is 73.6 Å². The van der Waals surface area contributed by atoms with Gasteiger partial charge in [0, 0.05) is 19.7 Å². The van der Waals surface area contributed by atoms with Gasteiger partial charge in [0.15, 0.2) is 0 Å². The van der Waals surface area contributed by atoms with Crippen LogP contribution in [-0.2, 0) is 14.8 Å². The zero-order valence-electron chi connectivity index (χ0n) is 7.49. The molecular formula is C7H15NO3S. The lowest BCUT2D eigenvalue weighted by atomic mass is 10.1. The van der Waals surface area contributed by atoms with Crippen molar-refractivity contribution in [2.45, 2.75) is 18.9 Å². The smallest absolute Gasteiger partial charge is 0.211 e. The summed E-state index contributed by atoms with van der Waals surface area (Å²) in [7, 11) is -1.44. The van der Waals surface area contributed by atoms with Crippen molar-refractivity contribution in [3.8, 4) is 0 Å². The monoisotopic (exact) mass is 193 g/mol. The molecular weight excluding hydrogens is 178 g/mol. The van der Waals surface area contributed by atoms with Gasteiger partial charge in [0.05, 0.1) is 12.9 Å². The van der Waals surface area contributed by atoms with Crippen molar-refractivity contribution in [3.63, 3.8) is 0 Å². The third-order valence-corrected chi connectivity index (χ3v) is 3.52. The summed E-state index contributed by atoms with van der Waals surface area (Å²) in [4.78, 5) is 0. The maximum Gasteiger partial charge on any atom is 0.211 e. The van der Waals surface area contributed by atoms with E-state index in [1.54, 1.807) is 7.05 Å². The van der Waals surface area contributed by atoms with Crippen LogP contribution in [0.2, 0.25) is 0 Å². The van der Waals surface area contributed by atoms with E-state index in [2.05, 4.69) is 0 Å². The minimum Gasteiger partial charge on any atom is -0.380 e.